The minimum atomic E-state index is -1.22. The zero-order chi connectivity index (χ0) is 6.91. The van der Waals surface area contributed by atoms with E-state index in [-0.39, 0.29) is 0 Å². The van der Waals surface area contributed by atoms with E-state index in [4.69, 9.17) is 11.8 Å². The predicted octanol–water partition coefficient (Wildman–Crippen LogP) is 1.99. The summed E-state index contributed by atoms with van der Waals surface area (Å²) in [5, 5.41) is 0. The van der Waals surface area contributed by atoms with Crippen LogP contribution >= 0.6 is 6.19 Å². The molecule has 9 heavy (non-hydrogen) atoms. The molecule has 0 spiro atoms. The van der Waals surface area contributed by atoms with E-state index < -0.39 is 6.19 Å². The second-order valence-corrected chi connectivity index (χ2v) is 8.09. The summed E-state index contributed by atoms with van der Waals surface area (Å²) in [5.41, 5.74) is 0. The molecule has 1 aromatic heterocycles. The molecule has 0 unspecified atom stereocenters. The molecule has 1 rings (SSSR count). The molecular formula is C6H10NPS. The van der Waals surface area contributed by atoms with Crippen LogP contribution in [-0.2, 0) is 11.8 Å². The molecule has 0 saturated carbocycles. The average Bonchev–Trinajstić information content (AvgIpc) is 2.08. The Morgan fingerprint density at radius 1 is 1.22 bits per heavy atom. The number of rotatable bonds is 1. The monoisotopic (exact) mass is 159 g/mol. The van der Waals surface area contributed by atoms with Crippen molar-refractivity contribution in [2.24, 2.45) is 0 Å². The molecule has 0 aliphatic heterocycles. The van der Waals surface area contributed by atoms with Gasteiger partial charge in [0.05, 0.1) is 0 Å². The van der Waals surface area contributed by atoms with Crippen molar-refractivity contribution in [3.8, 4) is 0 Å². The maximum Gasteiger partial charge on any atom is 0.0343 e. The highest BCUT2D eigenvalue weighted by Gasteiger charge is 2.00. The number of hydrogen-bond donors (Lipinski definition) is 0. The maximum absolute atomic E-state index is 5.28. The van der Waals surface area contributed by atoms with Gasteiger partial charge in [0.25, 0.3) is 0 Å². The molecule has 0 saturated heterocycles. The highest BCUT2D eigenvalue weighted by molar-refractivity contribution is 8.13. The molecule has 1 aromatic rings. The van der Waals surface area contributed by atoms with Gasteiger partial charge in [0.2, 0.25) is 0 Å². The van der Waals surface area contributed by atoms with Gasteiger partial charge in [0.15, 0.2) is 0 Å². The van der Waals surface area contributed by atoms with E-state index >= 15 is 0 Å². The Kier molecular flexibility index (Phi) is 1.78. The smallest absolute Gasteiger partial charge is 0.0343 e. The lowest BCUT2D eigenvalue weighted by molar-refractivity contribution is 1.25. The largest absolute Gasteiger partial charge is 0.326 e. The molecule has 0 aliphatic carbocycles. The highest BCUT2D eigenvalue weighted by Crippen LogP contribution is 2.37. The first-order valence-corrected chi connectivity index (χ1v) is 6.44. The Morgan fingerprint density at radius 3 is 1.89 bits per heavy atom. The van der Waals surface area contributed by atoms with Crippen LogP contribution in [0.5, 0.6) is 0 Å². The van der Waals surface area contributed by atoms with Gasteiger partial charge in [0, 0.05) is 18.6 Å². The van der Waals surface area contributed by atoms with Gasteiger partial charge in [-0.3, -0.25) is 0 Å². The number of aromatic nitrogens is 1. The molecule has 0 aliphatic rings. The summed E-state index contributed by atoms with van der Waals surface area (Å²) in [6.07, 6.45) is 2.84. The Labute approximate surface area is 60.8 Å². The Balaban J connectivity index is 3.04. The molecule has 0 aromatic carbocycles. The molecule has 50 valence electrons. The minimum Gasteiger partial charge on any atom is -0.326 e. The molecule has 0 N–H and O–H groups in total. The lowest BCUT2D eigenvalue weighted by atomic mass is 10.7. The standard InChI is InChI=1S/C6H10NPS/c1-8(2,9)7-5-3-4-6-7/h3-6H,1-2H3. The molecule has 1 nitrogen and oxygen atoms in total. The highest BCUT2D eigenvalue weighted by atomic mass is 32.4. The molecule has 1 heterocycles. The normalized spacial score (nSPS) is 11.8. The van der Waals surface area contributed by atoms with Gasteiger partial charge in [-0.05, 0) is 25.5 Å². The molecule has 0 radical (unpaired) electrons. The van der Waals surface area contributed by atoms with Crippen LogP contribution in [-0.4, -0.2) is 17.7 Å². The predicted molar refractivity (Wildman–Crippen MR) is 46.0 cm³/mol. The molecule has 3 heteroatoms. The third-order valence-corrected chi connectivity index (χ3v) is 3.09. The van der Waals surface area contributed by atoms with Crippen LogP contribution in [0, 0.1) is 0 Å². The van der Waals surface area contributed by atoms with Crippen molar-refractivity contribution in [1.29, 1.82) is 0 Å². The van der Waals surface area contributed by atoms with Gasteiger partial charge >= 0.3 is 0 Å². The van der Waals surface area contributed by atoms with Crippen molar-refractivity contribution in [2.45, 2.75) is 0 Å². The molecular weight excluding hydrogens is 149 g/mol. The van der Waals surface area contributed by atoms with E-state index in [2.05, 4.69) is 17.7 Å². The quantitative estimate of drug-likeness (QED) is 0.567. The third-order valence-electron chi connectivity index (χ3n) is 1.14. The second kappa shape index (κ2) is 2.28. The average molecular weight is 159 g/mol. The topological polar surface area (TPSA) is 4.93 Å². The van der Waals surface area contributed by atoms with Crippen LogP contribution in [0.25, 0.3) is 0 Å². The van der Waals surface area contributed by atoms with Crippen molar-refractivity contribution in [3.05, 3.63) is 24.5 Å². The van der Waals surface area contributed by atoms with Crippen LogP contribution in [0.4, 0.5) is 0 Å². The Morgan fingerprint density at radius 2 is 1.67 bits per heavy atom. The summed E-state index contributed by atoms with van der Waals surface area (Å²) in [6, 6.07) is 4.02. The molecule has 0 amide bonds. The van der Waals surface area contributed by atoms with Gasteiger partial charge in [-0.25, -0.2) is 0 Å². The van der Waals surface area contributed by atoms with Crippen LogP contribution in [0.3, 0.4) is 0 Å². The SMILES string of the molecule is CP(C)(=S)n1cccc1. The lowest BCUT2D eigenvalue weighted by Crippen LogP contribution is -1.86. The first-order valence-electron chi connectivity index (χ1n) is 2.79. The van der Waals surface area contributed by atoms with Crippen molar-refractivity contribution in [2.75, 3.05) is 13.3 Å². The van der Waals surface area contributed by atoms with E-state index in [1.807, 2.05) is 24.5 Å². The van der Waals surface area contributed by atoms with E-state index in [0.29, 0.717) is 0 Å². The zero-order valence-electron chi connectivity index (χ0n) is 5.61. The summed E-state index contributed by atoms with van der Waals surface area (Å²) in [5.74, 6) is 0. The van der Waals surface area contributed by atoms with Crippen molar-refractivity contribution >= 4 is 18.0 Å². The zero-order valence-corrected chi connectivity index (χ0v) is 7.32. The van der Waals surface area contributed by atoms with Gasteiger partial charge in [-0.15, -0.1) is 0 Å². The first kappa shape index (κ1) is 7.04. The fourth-order valence-corrected chi connectivity index (χ4v) is 1.77. The fourth-order valence-electron chi connectivity index (χ4n) is 0.647. The fraction of sp³-hybridized carbons (Fsp3) is 0.333. The first-order chi connectivity index (χ1) is 4.11. The van der Waals surface area contributed by atoms with E-state index in [0.717, 1.165) is 0 Å². The number of nitrogens with zero attached hydrogens (tertiary/aromatic N) is 1. The van der Waals surface area contributed by atoms with Crippen molar-refractivity contribution in [1.82, 2.24) is 4.34 Å². The summed E-state index contributed by atoms with van der Waals surface area (Å²) in [6.45, 7) is 4.23. The van der Waals surface area contributed by atoms with Gasteiger partial charge in [-0.2, -0.15) is 0 Å². The Bertz CT molecular complexity index is 221. The maximum atomic E-state index is 5.28. The minimum absolute atomic E-state index is 1.22. The van der Waals surface area contributed by atoms with E-state index in [1.54, 1.807) is 0 Å². The van der Waals surface area contributed by atoms with Crippen molar-refractivity contribution < 1.29 is 0 Å². The second-order valence-electron chi connectivity index (χ2n) is 2.36. The molecule has 0 bridgehead atoms. The summed E-state index contributed by atoms with van der Waals surface area (Å²) < 4.78 is 2.11. The van der Waals surface area contributed by atoms with E-state index in [9.17, 15) is 0 Å². The van der Waals surface area contributed by atoms with Crippen molar-refractivity contribution in [3.63, 3.8) is 0 Å². The molecule has 0 fully saturated rings. The van der Waals surface area contributed by atoms with Crippen LogP contribution in [0.15, 0.2) is 24.5 Å². The Hall–Kier alpha value is -0.0700. The number of hydrogen-bond acceptors (Lipinski definition) is 1. The lowest BCUT2D eigenvalue weighted by Gasteiger charge is -2.10. The summed E-state index contributed by atoms with van der Waals surface area (Å²) >= 11 is 5.28. The molecule has 0 atom stereocenters. The van der Waals surface area contributed by atoms with Gasteiger partial charge in [0.1, 0.15) is 0 Å². The summed E-state index contributed by atoms with van der Waals surface area (Å²) in [7, 11) is 0. The summed E-state index contributed by atoms with van der Waals surface area (Å²) in [4.78, 5) is 0. The van der Waals surface area contributed by atoms with Crippen LogP contribution < -0.4 is 0 Å². The third kappa shape index (κ3) is 1.67. The van der Waals surface area contributed by atoms with E-state index in [1.165, 1.54) is 0 Å². The van der Waals surface area contributed by atoms with Crippen LogP contribution in [0.2, 0.25) is 0 Å². The van der Waals surface area contributed by atoms with Gasteiger partial charge < -0.3 is 4.34 Å². The van der Waals surface area contributed by atoms with Crippen LogP contribution in [0.1, 0.15) is 0 Å². The van der Waals surface area contributed by atoms with Gasteiger partial charge in [-0.1, -0.05) is 11.8 Å².